The van der Waals surface area contributed by atoms with Crippen molar-refractivity contribution in [1.29, 1.82) is 0 Å². The fraction of sp³-hybridized carbons (Fsp3) is 0.381. The zero-order chi connectivity index (χ0) is 20.4. The number of benzene rings is 1. The monoisotopic (exact) mass is 391 g/mol. The lowest BCUT2D eigenvalue weighted by atomic mass is 9.96. The average molecular weight is 391 g/mol. The third kappa shape index (κ3) is 4.11. The maximum absolute atomic E-state index is 12.9. The van der Waals surface area contributed by atoms with Crippen LogP contribution >= 0.6 is 0 Å². The molecule has 8 heteroatoms. The third-order valence-electron chi connectivity index (χ3n) is 4.94. The van der Waals surface area contributed by atoms with Gasteiger partial charge in [-0.15, -0.1) is 0 Å². The maximum Gasteiger partial charge on any atom is 0.322 e. The number of anilines is 1. The molecular formula is C21H25N7O. The number of aromatic amines is 1. The van der Waals surface area contributed by atoms with E-state index in [1.807, 2.05) is 30.3 Å². The van der Waals surface area contributed by atoms with E-state index in [4.69, 9.17) is 0 Å². The highest BCUT2D eigenvalue weighted by Crippen LogP contribution is 2.31. The van der Waals surface area contributed by atoms with Crippen molar-refractivity contribution >= 4 is 11.7 Å². The van der Waals surface area contributed by atoms with Gasteiger partial charge in [0.05, 0.1) is 24.1 Å². The van der Waals surface area contributed by atoms with Crippen LogP contribution in [0.5, 0.6) is 0 Å². The molecule has 150 valence electrons. The summed E-state index contributed by atoms with van der Waals surface area (Å²) < 4.78 is 0. The Hall–Kier alpha value is -3.29. The van der Waals surface area contributed by atoms with Gasteiger partial charge in [-0.2, -0.15) is 5.10 Å². The predicted octanol–water partition coefficient (Wildman–Crippen LogP) is 3.93. The van der Waals surface area contributed by atoms with Gasteiger partial charge >= 0.3 is 6.03 Å². The van der Waals surface area contributed by atoms with Gasteiger partial charge in [0, 0.05) is 17.5 Å². The predicted molar refractivity (Wildman–Crippen MR) is 110 cm³/mol. The fourth-order valence-corrected chi connectivity index (χ4v) is 3.41. The normalized spacial score (nSPS) is 16.8. The molecule has 2 aromatic heterocycles. The Kier molecular flexibility index (Phi) is 5.00. The zero-order valence-electron chi connectivity index (χ0n) is 16.9. The van der Waals surface area contributed by atoms with E-state index in [2.05, 4.69) is 51.2 Å². The summed E-state index contributed by atoms with van der Waals surface area (Å²) in [5.74, 6) is 2.08. The van der Waals surface area contributed by atoms with E-state index in [1.54, 1.807) is 17.3 Å². The minimum absolute atomic E-state index is 0.130. The number of H-pyrrole nitrogens is 1. The van der Waals surface area contributed by atoms with Crippen LogP contribution in [-0.2, 0) is 5.41 Å². The molecule has 0 unspecified atom stereocenters. The van der Waals surface area contributed by atoms with Gasteiger partial charge in [-0.1, -0.05) is 51.1 Å². The summed E-state index contributed by atoms with van der Waals surface area (Å²) in [6.07, 6.45) is 5.06. The molecule has 1 aromatic carbocycles. The minimum atomic E-state index is -0.183. The van der Waals surface area contributed by atoms with Gasteiger partial charge in [0.2, 0.25) is 0 Å². The quantitative estimate of drug-likeness (QED) is 0.705. The second-order valence-electron chi connectivity index (χ2n) is 8.24. The molecule has 0 aliphatic carbocycles. The molecule has 1 atom stereocenters. The van der Waals surface area contributed by atoms with Crippen LogP contribution in [0.25, 0.3) is 11.4 Å². The molecule has 8 nitrogen and oxygen atoms in total. The molecule has 2 N–H and O–H groups in total. The smallest absolute Gasteiger partial charge is 0.314 e. The number of hydrogen-bond acceptors (Lipinski definition) is 5. The standard InChI is InChI=1S/C21H25N7O/c1-21(2,3)19-22-12-15(13-23-19)24-20(29)28-11-7-10-16(28)18-25-17(26-27-18)14-8-5-4-6-9-14/h4-6,8-9,12-13,16H,7,10-11H2,1-3H3,(H,24,29)(H,25,26,27)/t16-/m0/s1. The average Bonchev–Trinajstić information content (AvgIpc) is 3.38. The van der Waals surface area contributed by atoms with E-state index in [0.29, 0.717) is 23.9 Å². The number of rotatable bonds is 3. The second-order valence-corrected chi connectivity index (χ2v) is 8.24. The molecule has 1 aliphatic rings. The van der Waals surface area contributed by atoms with Gasteiger partial charge in [-0.3, -0.25) is 5.10 Å². The summed E-state index contributed by atoms with van der Waals surface area (Å²) in [5, 5.41) is 10.2. The molecule has 0 spiro atoms. The van der Waals surface area contributed by atoms with Gasteiger partial charge in [0.15, 0.2) is 5.82 Å². The third-order valence-corrected chi connectivity index (χ3v) is 4.94. The van der Waals surface area contributed by atoms with Crippen LogP contribution in [0, 0.1) is 0 Å². The molecular weight excluding hydrogens is 366 g/mol. The Balaban J connectivity index is 1.47. The lowest BCUT2D eigenvalue weighted by Gasteiger charge is -2.23. The number of carbonyl (C=O) groups is 1. The van der Waals surface area contributed by atoms with Crippen LogP contribution in [0.15, 0.2) is 42.7 Å². The SMILES string of the molecule is CC(C)(C)c1ncc(NC(=O)N2CCC[C@H]2c2nc(-c3ccccc3)n[nH]2)cn1. The molecule has 3 heterocycles. The molecule has 3 aromatic rings. The first-order valence-corrected chi connectivity index (χ1v) is 9.80. The van der Waals surface area contributed by atoms with E-state index < -0.39 is 0 Å². The van der Waals surface area contributed by atoms with Crippen molar-refractivity contribution in [1.82, 2.24) is 30.0 Å². The number of carbonyl (C=O) groups excluding carboxylic acids is 1. The highest BCUT2D eigenvalue weighted by atomic mass is 16.2. The molecule has 0 radical (unpaired) electrons. The molecule has 1 fully saturated rings. The molecule has 4 rings (SSSR count). The van der Waals surface area contributed by atoms with Crippen molar-refractivity contribution in [3.05, 3.63) is 54.4 Å². The zero-order valence-corrected chi connectivity index (χ0v) is 16.9. The Morgan fingerprint density at radius 1 is 1.17 bits per heavy atom. The number of urea groups is 1. The van der Waals surface area contributed by atoms with Crippen molar-refractivity contribution in [2.75, 3.05) is 11.9 Å². The number of nitrogens with zero attached hydrogens (tertiary/aromatic N) is 5. The summed E-state index contributed by atoms with van der Waals surface area (Å²) in [6, 6.07) is 9.48. The number of likely N-dealkylation sites (tertiary alicyclic amines) is 1. The Morgan fingerprint density at radius 2 is 1.90 bits per heavy atom. The summed E-state index contributed by atoms with van der Waals surface area (Å²) in [5.41, 5.74) is 1.39. The highest BCUT2D eigenvalue weighted by Gasteiger charge is 2.32. The van der Waals surface area contributed by atoms with Crippen LogP contribution in [-0.4, -0.2) is 42.6 Å². The van der Waals surface area contributed by atoms with E-state index in [0.717, 1.165) is 24.2 Å². The first-order chi connectivity index (χ1) is 13.9. The van der Waals surface area contributed by atoms with E-state index in [1.165, 1.54) is 0 Å². The summed E-state index contributed by atoms with van der Waals surface area (Å²) in [6.45, 7) is 6.82. The Labute approximate surface area is 169 Å². The largest absolute Gasteiger partial charge is 0.322 e. The first-order valence-electron chi connectivity index (χ1n) is 9.80. The van der Waals surface area contributed by atoms with Gasteiger partial charge in [0.25, 0.3) is 0 Å². The van der Waals surface area contributed by atoms with E-state index in [9.17, 15) is 4.79 Å². The van der Waals surface area contributed by atoms with Crippen LogP contribution in [0.2, 0.25) is 0 Å². The highest BCUT2D eigenvalue weighted by molar-refractivity contribution is 5.89. The van der Waals surface area contributed by atoms with E-state index in [-0.39, 0.29) is 17.5 Å². The summed E-state index contributed by atoms with van der Waals surface area (Å²) in [7, 11) is 0. The molecule has 1 saturated heterocycles. The fourth-order valence-electron chi connectivity index (χ4n) is 3.41. The summed E-state index contributed by atoms with van der Waals surface area (Å²) >= 11 is 0. The topological polar surface area (TPSA) is 99.7 Å². The lowest BCUT2D eigenvalue weighted by molar-refractivity contribution is 0.205. The van der Waals surface area contributed by atoms with Gasteiger partial charge < -0.3 is 10.2 Å². The number of aromatic nitrogens is 5. The minimum Gasteiger partial charge on any atom is -0.314 e. The number of hydrogen-bond donors (Lipinski definition) is 2. The first kappa shape index (κ1) is 19.0. The summed E-state index contributed by atoms with van der Waals surface area (Å²) in [4.78, 5) is 28.0. The molecule has 0 saturated carbocycles. The Bertz CT molecular complexity index is 976. The van der Waals surface area contributed by atoms with Crippen LogP contribution in [0.1, 0.15) is 51.3 Å². The van der Waals surface area contributed by atoms with E-state index >= 15 is 0 Å². The Morgan fingerprint density at radius 3 is 2.59 bits per heavy atom. The van der Waals surface area contributed by atoms with Crippen LogP contribution < -0.4 is 5.32 Å². The number of amides is 2. The van der Waals surface area contributed by atoms with Gasteiger partial charge in [0.1, 0.15) is 11.6 Å². The number of nitrogens with one attached hydrogen (secondary N) is 2. The van der Waals surface area contributed by atoms with Crippen molar-refractivity contribution in [3.8, 4) is 11.4 Å². The van der Waals surface area contributed by atoms with Gasteiger partial charge in [-0.25, -0.2) is 19.7 Å². The molecule has 2 amide bonds. The van der Waals surface area contributed by atoms with Gasteiger partial charge in [-0.05, 0) is 12.8 Å². The molecule has 0 bridgehead atoms. The lowest BCUT2D eigenvalue weighted by Crippen LogP contribution is -2.35. The maximum atomic E-state index is 12.9. The van der Waals surface area contributed by atoms with Crippen molar-refractivity contribution in [2.24, 2.45) is 0 Å². The van der Waals surface area contributed by atoms with Crippen LogP contribution in [0.3, 0.4) is 0 Å². The van der Waals surface area contributed by atoms with Crippen molar-refractivity contribution < 1.29 is 4.79 Å². The second kappa shape index (κ2) is 7.62. The van der Waals surface area contributed by atoms with Crippen molar-refractivity contribution in [2.45, 2.75) is 45.1 Å². The van der Waals surface area contributed by atoms with Crippen molar-refractivity contribution in [3.63, 3.8) is 0 Å². The van der Waals surface area contributed by atoms with Crippen LogP contribution in [0.4, 0.5) is 10.5 Å². The molecule has 29 heavy (non-hydrogen) atoms. The molecule has 1 aliphatic heterocycles.